The third-order valence-corrected chi connectivity index (χ3v) is 7.89. The maximum absolute atomic E-state index is 13.2. The molecule has 182 valence electrons. The number of sulfonamides is 1. The number of nitrogen functional groups attached to an aromatic ring is 1. The van der Waals surface area contributed by atoms with Gasteiger partial charge in [0, 0.05) is 18.6 Å². The van der Waals surface area contributed by atoms with Crippen molar-refractivity contribution in [3.8, 4) is 5.75 Å². The molecule has 0 saturated carbocycles. The van der Waals surface area contributed by atoms with E-state index in [1.54, 1.807) is 48.5 Å². The summed E-state index contributed by atoms with van der Waals surface area (Å²) in [4.78, 5) is 4.88. The molecule has 0 spiro atoms. The summed E-state index contributed by atoms with van der Waals surface area (Å²) >= 11 is 1.39. The lowest BCUT2D eigenvalue weighted by Gasteiger charge is -2.17. The molecule has 4 aromatic rings. The van der Waals surface area contributed by atoms with Crippen LogP contribution < -0.4 is 15.2 Å². The summed E-state index contributed by atoms with van der Waals surface area (Å²) in [6, 6.07) is 20.3. The smallest absolute Gasteiger partial charge is 0.241 e. The van der Waals surface area contributed by atoms with Gasteiger partial charge in [-0.2, -0.15) is 0 Å². The van der Waals surface area contributed by atoms with Crippen molar-refractivity contribution in [2.75, 3.05) is 13.2 Å². The fraction of sp³-hybridized carbons (Fsp3) is 0.200. The Bertz CT molecular complexity index is 1420. The lowest BCUT2D eigenvalue weighted by atomic mass is 10.0. The van der Waals surface area contributed by atoms with Gasteiger partial charge in [0.15, 0.2) is 0 Å². The lowest BCUT2D eigenvalue weighted by molar-refractivity contribution is 0.234. The summed E-state index contributed by atoms with van der Waals surface area (Å²) < 4.78 is 35.7. The SMILES string of the molecule is N=C(N)c1cccc(CC(NS(=O)(=O)c2ccccc2)c2nc3ccc(OCCCO)cc3s2)c1. The van der Waals surface area contributed by atoms with Crippen LogP contribution in [0.2, 0.25) is 0 Å². The van der Waals surface area contributed by atoms with E-state index in [4.69, 9.17) is 26.0 Å². The number of ether oxygens (including phenoxy) is 1. The topological polar surface area (TPSA) is 138 Å². The maximum atomic E-state index is 13.2. The third-order valence-electron chi connectivity index (χ3n) is 5.27. The predicted octanol–water partition coefficient (Wildman–Crippen LogP) is 3.60. The fourth-order valence-electron chi connectivity index (χ4n) is 3.55. The van der Waals surface area contributed by atoms with Crippen LogP contribution in [0.15, 0.2) is 77.7 Å². The first-order valence-corrected chi connectivity index (χ1v) is 13.3. The zero-order valence-electron chi connectivity index (χ0n) is 18.8. The minimum atomic E-state index is -3.81. The zero-order chi connectivity index (χ0) is 24.8. The highest BCUT2D eigenvalue weighted by Gasteiger charge is 2.25. The van der Waals surface area contributed by atoms with Gasteiger partial charge in [-0.15, -0.1) is 11.3 Å². The van der Waals surface area contributed by atoms with Crippen molar-refractivity contribution in [1.29, 1.82) is 5.41 Å². The molecule has 10 heteroatoms. The monoisotopic (exact) mass is 510 g/mol. The van der Waals surface area contributed by atoms with E-state index in [-0.39, 0.29) is 17.3 Å². The molecule has 1 aromatic heterocycles. The number of aliphatic hydroxyl groups is 1. The summed E-state index contributed by atoms with van der Waals surface area (Å²) in [5, 5.41) is 17.3. The molecule has 1 heterocycles. The first-order chi connectivity index (χ1) is 16.9. The van der Waals surface area contributed by atoms with E-state index in [2.05, 4.69) is 4.72 Å². The van der Waals surface area contributed by atoms with Gasteiger partial charge in [-0.25, -0.2) is 18.1 Å². The average Bonchev–Trinajstić information content (AvgIpc) is 3.28. The van der Waals surface area contributed by atoms with Crippen molar-refractivity contribution in [2.24, 2.45) is 5.73 Å². The van der Waals surface area contributed by atoms with Gasteiger partial charge < -0.3 is 15.6 Å². The molecule has 8 nitrogen and oxygen atoms in total. The van der Waals surface area contributed by atoms with E-state index in [0.29, 0.717) is 35.8 Å². The van der Waals surface area contributed by atoms with Crippen LogP contribution in [0, 0.1) is 5.41 Å². The van der Waals surface area contributed by atoms with E-state index < -0.39 is 16.1 Å². The Labute approximate surface area is 208 Å². The van der Waals surface area contributed by atoms with Gasteiger partial charge >= 0.3 is 0 Å². The summed E-state index contributed by atoms with van der Waals surface area (Å²) in [6.45, 7) is 0.459. The van der Waals surface area contributed by atoms with Crippen LogP contribution in [0.4, 0.5) is 0 Å². The van der Waals surface area contributed by atoms with Gasteiger partial charge in [0.1, 0.15) is 16.6 Å². The molecule has 0 amide bonds. The van der Waals surface area contributed by atoms with E-state index in [9.17, 15) is 8.42 Å². The van der Waals surface area contributed by atoms with Gasteiger partial charge in [0.05, 0.1) is 27.8 Å². The number of nitrogens with two attached hydrogens (primary N) is 1. The number of aromatic nitrogens is 1. The van der Waals surface area contributed by atoms with E-state index in [1.807, 2.05) is 24.3 Å². The normalized spacial score (nSPS) is 12.5. The first kappa shape index (κ1) is 24.8. The standard InChI is InChI=1S/C25H26N4O4S2/c26-24(27)18-7-4-6-17(14-18)15-22(29-35(31,32)20-8-2-1-3-9-20)25-28-21-11-10-19(16-23(21)34-25)33-13-5-12-30/h1-4,6-11,14,16,22,29-30H,5,12-13,15H2,(H3,26,27). The highest BCUT2D eigenvalue weighted by atomic mass is 32.2. The highest BCUT2D eigenvalue weighted by molar-refractivity contribution is 7.89. The molecule has 35 heavy (non-hydrogen) atoms. The molecule has 0 aliphatic carbocycles. The molecule has 1 atom stereocenters. The van der Waals surface area contributed by atoms with Crippen molar-refractivity contribution in [3.63, 3.8) is 0 Å². The molecule has 0 saturated heterocycles. The van der Waals surface area contributed by atoms with Crippen LogP contribution in [0.3, 0.4) is 0 Å². The van der Waals surface area contributed by atoms with Gasteiger partial charge in [-0.05, 0) is 48.4 Å². The predicted molar refractivity (Wildman–Crippen MR) is 137 cm³/mol. The Balaban J connectivity index is 1.68. The second-order valence-corrected chi connectivity index (χ2v) is 10.7. The van der Waals surface area contributed by atoms with Gasteiger partial charge in [-0.1, -0.05) is 36.4 Å². The van der Waals surface area contributed by atoms with E-state index >= 15 is 0 Å². The van der Waals surface area contributed by atoms with Crippen LogP contribution >= 0.6 is 11.3 Å². The number of hydrogen-bond donors (Lipinski definition) is 4. The zero-order valence-corrected chi connectivity index (χ0v) is 20.5. The quantitative estimate of drug-likeness (QED) is 0.138. The second-order valence-electron chi connectivity index (χ2n) is 7.91. The Hall–Kier alpha value is -3.31. The molecule has 0 fully saturated rings. The number of fused-ring (bicyclic) bond motifs is 1. The summed E-state index contributed by atoms with van der Waals surface area (Å²) in [6.07, 6.45) is 0.863. The van der Waals surface area contributed by atoms with Gasteiger partial charge in [0.25, 0.3) is 0 Å². The summed E-state index contributed by atoms with van der Waals surface area (Å²) in [7, 11) is -3.81. The van der Waals surface area contributed by atoms with E-state index in [1.165, 1.54) is 11.3 Å². The highest BCUT2D eigenvalue weighted by Crippen LogP contribution is 2.32. The molecule has 4 rings (SSSR count). The van der Waals surface area contributed by atoms with E-state index in [0.717, 1.165) is 15.8 Å². The number of amidine groups is 1. The van der Waals surface area contributed by atoms with Gasteiger partial charge in [-0.3, -0.25) is 5.41 Å². The van der Waals surface area contributed by atoms with Crippen LogP contribution in [-0.4, -0.2) is 37.6 Å². The summed E-state index contributed by atoms with van der Waals surface area (Å²) in [5.41, 5.74) is 7.78. The Morgan fingerprint density at radius 3 is 2.66 bits per heavy atom. The Kier molecular flexibility index (Phi) is 7.76. The molecule has 5 N–H and O–H groups in total. The van der Waals surface area contributed by atoms with Crippen molar-refractivity contribution in [2.45, 2.75) is 23.8 Å². The molecule has 0 bridgehead atoms. The van der Waals surface area contributed by atoms with Crippen molar-refractivity contribution in [3.05, 3.63) is 88.9 Å². The largest absolute Gasteiger partial charge is 0.493 e. The van der Waals surface area contributed by atoms with Crippen LogP contribution in [0.5, 0.6) is 5.75 Å². The second kappa shape index (κ2) is 11.0. The lowest BCUT2D eigenvalue weighted by Crippen LogP contribution is -2.30. The Morgan fingerprint density at radius 2 is 1.91 bits per heavy atom. The number of aliphatic hydroxyl groups excluding tert-OH is 1. The van der Waals surface area contributed by atoms with Crippen molar-refractivity contribution < 1.29 is 18.3 Å². The first-order valence-electron chi connectivity index (χ1n) is 11.0. The fourth-order valence-corrected chi connectivity index (χ4v) is 5.89. The number of thiazole rings is 1. The molecular formula is C25H26N4O4S2. The minimum absolute atomic E-state index is 0.0537. The van der Waals surface area contributed by atoms with Crippen molar-refractivity contribution >= 4 is 37.4 Å². The number of rotatable bonds is 11. The Morgan fingerprint density at radius 1 is 1.11 bits per heavy atom. The van der Waals surface area contributed by atoms with Gasteiger partial charge in [0.2, 0.25) is 10.0 Å². The molecule has 0 radical (unpaired) electrons. The average molecular weight is 511 g/mol. The number of hydrogen-bond acceptors (Lipinski definition) is 7. The maximum Gasteiger partial charge on any atom is 0.241 e. The minimum Gasteiger partial charge on any atom is -0.493 e. The number of nitrogens with one attached hydrogen (secondary N) is 2. The van der Waals surface area contributed by atoms with Crippen molar-refractivity contribution in [1.82, 2.24) is 9.71 Å². The molecule has 1 unspecified atom stereocenters. The number of benzene rings is 3. The van der Waals surface area contributed by atoms with Crippen LogP contribution in [0.25, 0.3) is 10.2 Å². The molecule has 0 aliphatic rings. The summed E-state index contributed by atoms with van der Waals surface area (Å²) in [5.74, 6) is 0.610. The number of nitrogens with zero attached hydrogens (tertiary/aromatic N) is 1. The molecular weight excluding hydrogens is 484 g/mol. The molecule has 3 aromatic carbocycles. The third kappa shape index (κ3) is 6.23. The van der Waals surface area contributed by atoms with Crippen LogP contribution in [0.1, 0.15) is 28.6 Å². The van der Waals surface area contributed by atoms with Crippen LogP contribution in [-0.2, 0) is 16.4 Å². The molecule has 0 aliphatic heterocycles.